The Hall–Kier alpha value is -1.43. The van der Waals surface area contributed by atoms with Crippen molar-refractivity contribution in [3.63, 3.8) is 0 Å². The van der Waals surface area contributed by atoms with E-state index in [9.17, 15) is 4.79 Å². The lowest BCUT2D eigenvalue weighted by atomic mass is 10.1. The third kappa shape index (κ3) is 4.88. The maximum absolute atomic E-state index is 11.3. The molecule has 0 aliphatic carbocycles. The van der Waals surface area contributed by atoms with Crippen LogP contribution in [0, 0.1) is 0 Å². The molecule has 6 heteroatoms. The summed E-state index contributed by atoms with van der Waals surface area (Å²) in [6.45, 7) is 2.62. The third-order valence-electron chi connectivity index (χ3n) is 2.35. The van der Waals surface area contributed by atoms with Crippen molar-refractivity contribution in [3.05, 3.63) is 12.2 Å². The molecule has 16 heavy (non-hydrogen) atoms. The van der Waals surface area contributed by atoms with Crippen LogP contribution in [-0.2, 0) is 11.2 Å². The summed E-state index contributed by atoms with van der Waals surface area (Å²) in [7, 11) is 0. The lowest BCUT2D eigenvalue weighted by molar-refractivity contribution is -0.121. The summed E-state index contributed by atoms with van der Waals surface area (Å²) in [5.41, 5.74) is 5.67. The van der Waals surface area contributed by atoms with Gasteiger partial charge in [0.2, 0.25) is 5.91 Å². The van der Waals surface area contributed by atoms with Crippen molar-refractivity contribution in [1.29, 1.82) is 0 Å². The first-order valence-corrected chi connectivity index (χ1v) is 5.59. The van der Waals surface area contributed by atoms with Gasteiger partial charge in [-0.2, -0.15) is 5.10 Å². The van der Waals surface area contributed by atoms with Gasteiger partial charge in [-0.25, -0.2) is 4.98 Å². The summed E-state index contributed by atoms with van der Waals surface area (Å²) in [6, 6.07) is -0.0331. The molecule has 1 atom stereocenters. The number of carbonyl (C=O) groups excluding carboxylic acids is 1. The molecule has 0 aliphatic heterocycles. The van der Waals surface area contributed by atoms with Gasteiger partial charge in [0.05, 0.1) is 0 Å². The molecule has 0 radical (unpaired) electrons. The van der Waals surface area contributed by atoms with E-state index >= 15 is 0 Å². The quantitative estimate of drug-likeness (QED) is 0.568. The van der Waals surface area contributed by atoms with Gasteiger partial charge in [-0.05, 0) is 12.8 Å². The van der Waals surface area contributed by atoms with E-state index in [-0.39, 0.29) is 11.9 Å². The average Bonchev–Trinajstić information content (AvgIpc) is 2.77. The minimum Gasteiger partial charge on any atom is -0.356 e. The zero-order valence-electron chi connectivity index (χ0n) is 9.57. The van der Waals surface area contributed by atoms with E-state index in [2.05, 4.69) is 20.5 Å². The van der Waals surface area contributed by atoms with Gasteiger partial charge in [0.1, 0.15) is 12.2 Å². The minimum atomic E-state index is -0.0331. The van der Waals surface area contributed by atoms with Crippen LogP contribution in [-0.4, -0.2) is 33.7 Å². The largest absolute Gasteiger partial charge is 0.356 e. The Kier molecular flexibility index (Phi) is 5.49. The van der Waals surface area contributed by atoms with Crippen LogP contribution in [0.2, 0.25) is 0 Å². The molecule has 1 amide bonds. The standard InChI is InChI=1S/C10H19N5O/c1-2-8(11)6-10(16)12-5-3-4-9-13-7-14-15-9/h7-8H,2-6,11H2,1H3,(H,12,16)(H,13,14,15). The van der Waals surface area contributed by atoms with Crippen LogP contribution < -0.4 is 11.1 Å². The van der Waals surface area contributed by atoms with E-state index in [4.69, 9.17) is 5.73 Å². The Morgan fingerprint density at radius 1 is 1.69 bits per heavy atom. The van der Waals surface area contributed by atoms with Crippen molar-refractivity contribution < 1.29 is 4.79 Å². The zero-order valence-corrected chi connectivity index (χ0v) is 9.57. The van der Waals surface area contributed by atoms with Gasteiger partial charge >= 0.3 is 0 Å². The van der Waals surface area contributed by atoms with Crippen LogP contribution in [0.1, 0.15) is 32.0 Å². The Morgan fingerprint density at radius 3 is 3.12 bits per heavy atom. The van der Waals surface area contributed by atoms with Crippen molar-refractivity contribution in [2.75, 3.05) is 6.54 Å². The second-order valence-corrected chi connectivity index (χ2v) is 3.76. The van der Waals surface area contributed by atoms with Crippen molar-refractivity contribution in [2.45, 2.75) is 38.6 Å². The Bertz CT molecular complexity index is 298. The number of aromatic nitrogens is 3. The molecule has 1 heterocycles. The van der Waals surface area contributed by atoms with Crippen molar-refractivity contribution >= 4 is 5.91 Å². The summed E-state index contributed by atoms with van der Waals surface area (Å²) < 4.78 is 0. The second-order valence-electron chi connectivity index (χ2n) is 3.76. The maximum Gasteiger partial charge on any atom is 0.221 e. The predicted molar refractivity (Wildman–Crippen MR) is 60.6 cm³/mol. The monoisotopic (exact) mass is 225 g/mol. The number of aromatic amines is 1. The van der Waals surface area contributed by atoms with Crippen LogP contribution in [0.4, 0.5) is 0 Å². The highest BCUT2D eigenvalue weighted by atomic mass is 16.1. The second kappa shape index (κ2) is 6.95. The highest BCUT2D eigenvalue weighted by Gasteiger charge is 2.06. The summed E-state index contributed by atoms with van der Waals surface area (Å²) in [4.78, 5) is 15.3. The van der Waals surface area contributed by atoms with Gasteiger partial charge in [0, 0.05) is 25.4 Å². The first-order chi connectivity index (χ1) is 7.72. The molecule has 1 aromatic heterocycles. The molecule has 1 aromatic rings. The van der Waals surface area contributed by atoms with Crippen LogP contribution in [0.25, 0.3) is 0 Å². The number of hydrogen-bond acceptors (Lipinski definition) is 4. The van der Waals surface area contributed by atoms with E-state index < -0.39 is 0 Å². The number of amides is 1. The first-order valence-electron chi connectivity index (χ1n) is 5.59. The molecule has 90 valence electrons. The Balaban J connectivity index is 2.04. The van der Waals surface area contributed by atoms with Gasteiger partial charge in [-0.15, -0.1) is 0 Å². The lowest BCUT2D eigenvalue weighted by Gasteiger charge is -2.08. The first kappa shape index (κ1) is 12.6. The van der Waals surface area contributed by atoms with E-state index in [1.54, 1.807) is 0 Å². The van der Waals surface area contributed by atoms with Crippen LogP contribution in [0.5, 0.6) is 0 Å². The molecule has 0 aromatic carbocycles. The van der Waals surface area contributed by atoms with Gasteiger partial charge in [0.15, 0.2) is 0 Å². The van der Waals surface area contributed by atoms with Crippen LogP contribution in [0.15, 0.2) is 6.33 Å². The molecule has 0 spiro atoms. The Labute approximate surface area is 95.0 Å². The number of rotatable bonds is 7. The Morgan fingerprint density at radius 2 is 2.50 bits per heavy atom. The lowest BCUT2D eigenvalue weighted by Crippen LogP contribution is -2.31. The number of H-pyrrole nitrogens is 1. The molecule has 0 saturated carbocycles. The van der Waals surface area contributed by atoms with E-state index in [0.29, 0.717) is 13.0 Å². The molecule has 4 N–H and O–H groups in total. The minimum absolute atomic E-state index is 0.0203. The molecule has 0 saturated heterocycles. The summed E-state index contributed by atoms with van der Waals surface area (Å²) in [6.07, 6.45) is 4.35. The number of carbonyl (C=O) groups is 1. The van der Waals surface area contributed by atoms with Crippen LogP contribution >= 0.6 is 0 Å². The van der Waals surface area contributed by atoms with Crippen molar-refractivity contribution in [2.24, 2.45) is 5.73 Å². The fraction of sp³-hybridized carbons (Fsp3) is 0.700. The normalized spacial score (nSPS) is 12.4. The van der Waals surface area contributed by atoms with Crippen LogP contribution in [0.3, 0.4) is 0 Å². The zero-order chi connectivity index (χ0) is 11.8. The molecule has 6 nitrogen and oxygen atoms in total. The predicted octanol–water partition coefficient (Wildman–Crippen LogP) is -0.0191. The molecule has 1 unspecified atom stereocenters. The topological polar surface area (TPSA) is 96.7 Å². The molecule has 0 aliphatic rings. The smallest absolute Gasteiger partial charge is 0.221 e. The summed E-state index contributed by atoms with van der Waals surface area (Å²) in [5, 5.41) is 9.35. The van der Waals surface area contributed by atoms with Gasteiger partial charge in [-0.1, -0.05) is 6.92 Å². The third-order valence-corrected chi connectivity index (χ3v) is 2.35. The molecular formula is C10H19N5O. The molecule has 0 fully saturated rings. The van der Waals surface area contributed by atoms with E-state index in [1.165, 1.54) is 6.33 Å². The van der Waals surface area contributed by atoms with Gasteiger partial charge < -0.3 is 11.1 Å². The maximum atomic E-state index is 11.3. The number of nitrogens with one attached hydrogen (secondary N) is 2. The van der Waals surface area contributed by atoms with Gasteiger partial charge in [-0.3, -0.25) is 9.89 Å². The number of hydrogen-bond donors (Lipinski definition) is 3. The van der Waals surface area contributed by atoms with E-state index in [1.807, 2.05) is 6.92 Å². The highest BCUT2D eigenvalue weighted by Crippen LogP contribution is 1.94. The van der Waals surface area contributed by atoms with Crippen molar-refractivity contribution in [3.8, 4) is 0 Å². The molecular weight excluding hydrogens is 206 g/mol. The fourth-order valence-electron chi connectivity index (χ4n) is 1.29. The number of nitrogens with zero attached hydrogens (tertiary/aromatic N) is 2. The number of aryl methyl sites for hydroxylation is 1. The van der Waals surface area contributed by atoms with E-state index in [0.717, 1.165) is 25.1 Å². The highest BCUT2D eigenvalue weighted by molar-refractivity contribution is 5.76. The summed E-state index contributed by atoms with van der Waals surface area (Å²) in [5.74, 6) is 0.867. The van der Waals surface area contributed by atoms with Gasteiger partial charge in [0.25, 0.3) is 0 Å². The summed E-state index contributed by atoms with van der Waals surface area (Å²) >= 11 is 0. The number of nitrogens with two attached hydrogens (primary N) is 1. The average molecular weight is 225 g/mol. The van der Waals surface area contributed by atoms with Crippen molar-refractivity contribution in [1.82, 2.24) is 20.5 Å². The molecule has 0 bridgehead atoms. The molecule has 1 rings (SSSR count). The SMILES string of the molecule is CCC(N)CC(=O)NCCCc1ncn[nH]1. The fourth-order valence-corrected chi connectivity index (χ4v) is 1.29.